The van der Waals surface area contributed by atoms with E-state index >= 15 is 0 Å². The molecule has 1 fully saturated rings. The smallest absolute Gasteiger partial charge is 0.305 e. The van der Waals surface area contributed by atoms with E-state index in [-0.39, 0.29) is 30.5 Å². The van der Waals surface area contributed by atoms with Crippen LogP contribution in [0.1, 0.15) is 25.7 Å². The van der Waals surface area contributed by atoms with Gasteiger partial charge in [0.25, 0.3) is 0 Å². The van der Waals surface area contributed by atoms with Crippen molar-refractivity contribution in [1.82, 2.24) is 9.80 Å². The molecule has 7 heteroatoms. The van der Waals surface area contributed by atoms with Crippen LogP contribution in [0.2, 0.25) is 0 Å². The van der Waals surface area contributed by atoms with Crippen molar-refractivity contribution in [2.75, 3.05) is 38.2 Å². The first kappa shape index (κ1) is 16.8. The normalized spacial score (nSPS) is 14.9. The minimum Gasteiger partial charge on any atom is -0.481 e. The summed E-state index contributed by atoms with van der Waals surface area (Å²) in [5, 5.41) is 8.54. The number of carbonyl (C=O) groups is 3. The molecule has 1 aliphatic rings. The van der Waals surface area contributed by atoms with Crippen LogP contribution >= 0.6 is 11.8 Å². The Bertz CT molecular complexity index is 356. The molecule has 2 amide bonds. The van der Waals surface area contributed by atoms with Crippen molar-refractivity contribution in [3.63, 3.8) is 0 Å². The third-order valence-electron chi connectivity index (χ3n) is 3.25. The molecular weight excluding hydrogens is 280 g/mol. The molecule has 20 heavy (non-hydrogen) atoms. The maximum atomic E-state index is 11.9. The molecule has 0 aromatic heterocycles. The summed E-state index contributed by atoms with van der Waals surface area (Å²) >= 11 is 1.30. The second kappa shape index (κ2) is 8.84. The Kier molecular flexibility index (Phi) is 7.43. The Balaban J connectivity index is 2.17. The van der Waals surface area contributed by atoms with E-state index in [1.54, 1.807) is 7.05 Å². The Labute approximate surface area is 123 Å². The van der Waals surface area contributed by atoms with Crippen LogP contribution < -0.4 is 0 Å². The summed E-state index contributed by atoms with van der Waals surface area (Å²) in [5.74, 6) is -0.426. The minimum absolute atomic E-state index is 0.0559. The number of amides is 2. The molecule has 1 N–H and O–H groups in total. The van der Waals surface area contributed by atoms with Crippen molar-refractivity contribution in [3.05, 3.63) is 0 Å². The van der Waals surface area contributed by atoms with Gasteiger partial charge in [0.05, 0.1) is 17.9 Å². The van der Waals surface area contributed by atoms with Crippen molar-refractivity contribution in [2.24, 2.45) is 0 Å². The first-order valence-corrected chi connectivity index (χ1v) is 7.97. The summed E-state index contributed by atoms with van der Waals surface area (Å²) in [6, 6.07) is 0. The summed E-state index contributed by atoms with van der Waals surface area (Å²) in [6.07, 6.45) is 3.25. The lowest BCUT2D eigenvalue weighted by atomic mass is 10.1. The van der Waals surface area contributed by atoms with Gasteiger partial charge >= 0.3 is 5.97 Å². The Morgan fingerprint density at radius 3 is 2.40 bits per heavy atom. The summed E-state index contributed by atoms with van der Waals surface area (Å²) in [5.41, 5.74) is 0. The van der Waals surface area contributed by atoms with Crippen LogP contribution in [0.4, 0.5) is 0 Å². The molecule has 0 aromatic rings. The Morgan fingerprint density at radius 2 is 1.80 bits per heavy atom. The van der Waals surface area contributed by atoms with Gasteiger partial charge in [0.1, 0.15) is 0 Å². The van der Waals surface area contributed by atoms with E-state index in [1.807, 2.05) is 4.90 Å². The number of carboxylic acid groups (broad SMARTS) is 1. The van der Waals surface area contributed by atoms with Gasteiger partial charge in [-0.2, -0.15) is 0 Å². The molecule has 0 unspecified atom stereocenters. The van der Waals surface area contributed by atoms with Crippen LogP contribution in [-0.2, 0) is 14.4 Å². The van der Waals surface area contributed by atoms with Gasteiger partial charge in [-0.1, -0.05) is 0 Å². The first-order chi connectivity index (χ1) is 9.50. The summed E-state index contributed by atoms with van der Waals surface area (Å²) in [7, 11) is 1.58. The maximum absolute atomic E-state index is 11.9. The lowest BCUT2D eigenvalue weighted by Gasteiger charge is -2.26. The molecule has 1 heterocycles. The van der Waals surface area contributed by atoms with E-state index in [4.69, 9.17) is 5.11 Å². The van der Waals surface area contributed by atoms with E-state index < -0.39 is 5.97 Å². The minimum atomic E-state index is -0.919. The molecule has 114 valence electrons. The molecule has 0 radical (unpaired) electrons. The number of hydrogen-bond acceptors (Lipinski definition) is 4. The summed E-state index contributed by atoms with van der Waals surface area (Å²) < 4.78 is 0. The Hall–Kier alpha value is -1.24. The number of carboxylic acids is 1. The number of likely N-dealkylation sites (tertiary alicyclic amines) is 1. The van der Waals surface area contributed by atoms with Gasteiger partial charge in [0.15, 0.2) is 0 Å². The fourth-order valence-electron chi connectivity index (χ4n) is 1.96. The van der Waals surface area contributed by atoms with Gasteiger partial charge in [-0.3, -0.25) is 14.4 Å². The highest BCUT2D eigenvalue weighted by molar-refractivity contribution is 8.00. The van der Waals surface area contributed by atoms with E-state index in [0.29, 0.717) is 5.75 Å². The number of aliphatic carboxylic acids is 1. The number of hydrogen-bond donors (Lipinski definition) is 1. The van der Waals surface area contributed by atoms with E-state index in [2.05, 4.69) is 0 Å². The number of nitrogens with zero attached hydrogens (tertiary/aromatic N) is 2. The molecule has 6 nitrogen and oxygen atoms in total. The average molecular weight is 302 g/mol. The predicted molar refractivity (Wildman–Crippen MR) is 77.6 cm³/mol. The molecule has 0 saturated carbocycles. The summed E-state index contributed by atoms with van der Waals surface area (Å²) in [6.45, 7) is 1.85. The number of rotatable bonds is 7. The molecule has 1 saturated heterocycles. The topological polar surface area (TPSA) is 77.9 Å². The van der Waals surface area contributed by atoms with Gasteiger partial charge < -0.3 is 14.9 Å². The zero-order valence-electron chi connectivity index (χ0n) is 11.8. The lowest BCUT2D eigenvalue weighted by molar-refractivity contribution is -0.138. The van der Waals surface area contributed by atoms with Gasteiger partial charge in [0.2, 0.25) is 11.8 Å². The zero-order valence-corrected chi connectivity index (χ0v) is 12.7. The second-order valence-corrected chi connectivity index (χ2v) is 5.88. The van der Waals surface area contributed by atoms with Crippen LogP contribution in [0.5, 0.6) is 0 Å². The van der Waals surface area contributed by atoms with Crippen molar-refractivity contribution in [3.8, 4) is 0 Å². The molecule has 0 aliphatic carbocycles. The molecule has 0 aromatic carbocycles. The number of carbonyl (C=O) groups excluding carboxylic acids is 2. The molecule has 0 spiro atoms. The molecular formula is C13H22N2O4S. The standard InChI is InChI=1S/C13H22N2O4S/c1-14(8-5-13(18)19)11(16)9-20-10-12(17)15-6-3-2-4-7-15/h2-10H2,1H3,(H,18,19). The van der Waals surface area contributed by atoms with E-state index in [9.17, 15) is 14.4 Å². The van der Waals surface area contributed by atoms with Crippen LogP contribution in [0.25, 0.3) is 0 Å². The van der Waals surface area contributed by atoms with Crippen molar-refractivity contribution >= 4 is 29.5 Å². The van der Waals surface area contributed by atoms with Crippen LogP contribution in [0.15, 0.2) is 0 Å². The fourth-order valence-corrected chi connectivity index (χ4v) is 2.81. The molecule has 1 aliphatic heterocycles. The zero-order chi connectivity index (χ0) is 15.0. The van der Waals surface area contributed by atoms with Gasteiger partial charge in [-0.25, -0.2) is 0 Å². The van der Waals surface area contributed by atoms with Crippen LogP contribution in [-0.4, -0.2) is 70.9 Å². The fraction of sp³-hybridized carbons (Fsp3) is 0.769. The van der Waals surface area contributed by atoms with Crippen molar-refractivity contribution in [1.29, 1.82) is 0 Å². The highest BCUT2D eigenvalue weighted by Crippen LogP contribution is 2.11. The third-order valence-corrected chi connectivity index (χ3v) is 4.15. The average Bonchev–Trinajstić information content (AvgIpc) is 2.45. The van der Waals surface area contributed by atoms with Crippen LogP contribution in [0, 0.1) is 0 Å². The second-order valence-electron chi connectivity index (χ2n) is 4.89. The number of piperidine rings is 1. The van der Waals surface area contributed by atoms with Crippen molar-refractivity contribution < 1.29 is 19.5 Å². The monoisotopic (exact) mass is 302 g/mol. The maximum Gasteiger partial charge on any atom is 0.305 e. The van der Waals surface area contributed by atoms with Crippen LogP contribution in [0.3, 0.4) is 0 Å². The predicted octanol–water partition coefficient (Wildman–Crippen LogP) is 0.665. The molecule has 1 rings (SSSR count). The highest BCUT2D eigenvalue weighted by Gasteiger charge is 2.17. The largest absolute Gasteiger partial charge is 0.481 e. The number of thioether (sulfide) groups is 1. The lowest BCUT2D eigenvalue weighted by Crippen LogP contribution is -2.37. The third kappa shape index (κ3) is 6.27. The SMILES string of the molecule is CN(CCC(=O)O)C(=O)CSCC(=O)N1CCCCC1. The van der Waals surface area contributed by atoms with Gasteiger partial charge in [-0.05, 0) is 19.3 Å². The first-order valence-electron chi connectivity index (χ1n) is 6.82. The highest BCUT2D eigenvalue weighted by atomic mass is 32.2. The Morgan fingerprint density at radius 1 is 1.15 bits per heavy atom. The molecule has 0 atom stereocenters. The van der Waals surface area contributed by atoms with Gasteiger partial charge in [0, 0.05) is 26.7 Å². The van der Waals surface area contributed by atoms with Gasteiger partial charge in [-0.15, -0.1) is 11.8 Å². The summed E-state index contributed by atoms with van der Waals surface area (Å²) in [4.78, 5) is 37.2. The van der Waals surface area contributed by atoms with Crippen molar-refractivity contribution in [2.45, 2.75) is 25.7 Å². The van der Waals surface area contributed by atoms with E-state index in [1.165, 1.54) is 23.1 Å². The molecule has 0 bridgehead atoms. The van der Waals surface area contributed by atoms with E-state index in [0.717, 1.165) is 25.9 Å². The quantitative estimate of drug-likeness (QED) is 0.747.